The number of hydrogen-bond acceptors (Lipinski definition) is 7. The predicted octanol–water partition coefficient (Wildman–Crippen LogP) is 2.32. The van der Waals surface area contributed by atoms with Crippen LogP contribution < -0.4 is 14.8 Å². The van der Waals surface area contributed by atoms with Gasteiger partial charge >= 0.3 is 5.97 Å². The summed E-state index contributed by atoms with van der Waals surface area (Å²) in [4.78, 5) is 26.3. The molecule has 8 heteroatoms. The minimum absolute atomic E-state index is 0.0423. The zero-order valence-corrected chi connectivity index (χ0v) is 16.4. The molecule has 1 atom stereocenters. The average Bonchev–Trinajstić information content (AvgIpc) is 2.72. The van der Waals surface area contributed by atoms with Gasteiger partial charge in [-0.3, -0.25) is 9.59 Å². The van der Waals surface area contributed by atoms with Crippen molar-refractivity contribution in [1.29, 1.82) is 5.26 Å². The van der Waals surface area contributed by atoms with Crippen molar-refractivity contribution < 1.29 is 23.8 Å². The molecule has 0 aromatic heterocycles. The van der Waals surface area contributed by atoms with Gasteiger partial charge in [0.1, 0.15) is 11.6 Å². The Hall–Kier alpha value is -3.21. The van der Waals surface area contributed by atoms with Gasteiger partial charge in [-0.15, -0.1) is 0 Å². The number of anilines is 1. The third kappa shape index (κ3) is 5.39. The Morgan fingerprint density at radius 1 is 1.32 bits per heavy atom. The molecule has 1 fully saturated rings. The normalized spacial score (nSPS) is 16.7. The molecule has 150 valence electrons. The monoisotopic (exact) mass is 387 g/mol. The van der Waals surface area contributed by atoms with Crippen molar-refractivity contribution in [1.82, 2.24) is 4.90 Å². The quantitative estimate of drug-likeness (QED) is 0.435. The summed E-state index contributed by atoms with van der Waals surface area (Å²) >= 11 is 0. The lowest BCUT2D eigenvalue weighted by Crippen LogP contribution is -2.37. The zero-order valence-electron chi connectivity index (χ0n) is 16.4. The van der Waals surface area contributed by atoms with Crippen LogP contribution in [0.1, 0.15) is 19.8 Å². The standard InChI is InChI=1S/C20H25N3O5/c1-4-28-20(25)14-6-5-9-23(12-14)13-15(11-21)19(24)22-16-7-8-17(26-2)18(10-16)27-3/h7-8,10,13-14H,4-6,9,12H2,1-3H3,(H,22,24)/b15-13-. The molecule has 1 aliphatic rings. The van der Waals surface area contributed by atoms with Gasteiger partial charge < -0.3 is 24.4 Å². The molecule has 1 unspecified atom stereocenters. The van der Waals surface area contributed by atoms with Gasteiger partial charge in [-0.1, -0.05) is 0 Å². The summed E-state index contributed by atoms with van der Waals surface area (Å²) in [5.41, 5.74) is 0.436. The Morgan fingerprint density at radius 3 is 2.71 bits per heavy atom. The Bertz CT molecular complexity index is 785. The second-order valence-corrected chi connectivity index (χ2v) is 6.26. The molecule has 1 amide bonds. The van der Waals surface area contributed by atoms with Gasteiger partial charge in [0.05, 0.1) is 26.7 Å². The van der Waals surface area contributed by atoms with Crippen LogP contribution >= 0.6 is 0 Å². The van der Waals surface area contributed by atoms with Gasteiger partial charge in [0.25, 0.3) is 5.91 Å². The lowest BCUT2D eigenvalue weighted by Gasteiger charge is -2.30. The number of nitriles is 1. The van der Waals surface area contributed by atoms with E-state index in [1.165, 1.54) is 20.4 Å². The molecule has 8 nitrogen and oxygen atoms in total. The number of rotatable bonds is 7. The second kappa shape index (κ2) is 10.2. The van der Waals surface area contributed by atoms with Crippen LogP contribution in [0.25, 0.3) is 0 Å². The van der Waals surface area contributed by atoms with E-state index in [2.05, 4.69) is 5.32 Å². The molecule has 28 heavy (non-hydrogen) atoms. The fourth-order valence-corrected chi connectivity index (χ4v) is 3.01. The number of methoxy groups -OCH3 is 2. The minimum atomic E-state index is -0.534. The number of amides is 1. The summed E-state index contributed by atoms with van der Waals surface area (Å²) in [6.07, 6.45) is 3.03. The van der Waals surface area contributed by atoms with Crippen LogP contribution in [-0.2, 0) is 14.3 Å². The van der Waals surface area contributed by atoms with Gasteiger partial charge in [-0.25, -0.2) is 0 Å². The fourth-order valence-electron chi connectivity index (χ4n) is 3.01. The first kappa shape index (κ1) is 21.1. The topological polar surface area (TPSA) is 101 Å². The van der Waals surface area contributed by atoms with Crippen LogP contribution in [0.4, 0.5) is 5.69 Å². The number of carbonyl (C=O) groups is 2. The van der Waals surface area contributed by atoms with E-state index in [4.69, 9.17) is 14.2 Å². The Kier molecular flexibility index (Phi) is 7.69. The van der Waals surface area contributed by atoms with Crippen LogP contribution in [0.5, 0.6) is 11.5 Å². The van der Waals surface area contributed by atoms with Gasteiger partial charge in [-0.2, -0.15) is 5.26 Å². The zero-order chi connectivity index (χ0) is 20.5. The number of benzene rings is 1. The first-order valence-electron chi connectivity index (χ1n) is 9.08. The number of hydrogen-bond donors (Lipinski definition) is 1. The highest BCUT2D eigenvalue weighted by molar-refractivity contribution is 6.06. The van der Waals surface area contributed by atoms with E-state index >= 15 is 0 Å². The van der Waals surface area contributed by atoms with E-state index < -0.39 is 5.91 Å². The Labute approximate surface area is 164 Å². The number of nitrogens with zero attached hydrogens (tertiary/aromatic N) is 2. The van der Waals surface area contributed by atoms with Gasteiger partial charge in [0, 0.05) is 31.0 Å². The molecule has 1 aromatic carbocycles. The molecular formula is C20H25N3O5. The lowest BCUT2D eigenvalue weighted by atomic mass is 9.98. The van der Waals surface area contributed by atoms with E-state index in [0.29, 0.717) is 36.9 Å². The highest BCUT2D eigenvalue weighted by Crippen LogP contribution is 2.30. The lowest BCUT2D eigenvalue weighted by molar-refractivity contribution is -0.149. The third-order valence-electron chi connectivity index (χ3n) is 4.39. The summed E-state index contributed by atoms with van der Waals surface area (Å²) in [5, 5.41) is 12.1. The number of piperidine rings is 1. The van der Waals surface area contributed by atoms with Crippen molar-refractivity contribution in [3.8, 4) is 17.6 Å². The smallest absolute Gasteiger partial charge is 0.310 e. The molecule has 0 radical (unpaired) electrons. The Balaban J connectivity index is 2.08. The first-order valence-corrected chi connectivity index (χ1v) is 9.08. The van der Waals surface area contributed by atoms with Crippen molar-refractivity contribution >= 4 is 17.6 Å². The maximum Gasteiger partial charge on any atom is 0.310 e. The maximum absolute atomic E-state index is 12.5. The van der Waals surface area contributed by atoms with Gasteiger partial charge in [0.2, 0.25) is 0 Å². The van der Waals surface area contributed by atoms with Crippen molar-refractivity contribution in [3.63, 3.8) is 0 Å². The van der Waals surface area contributed by atoms with E-state index in [0.717, 1.165) is 12.8 Å². The van der Waals surface area contributed by atoms with E-state index in [1.807, 2.05) is 11.0 Å². The molecule has 1 aromatic rings. The number of likely N-dealkylation sites (tertiary alicyclic amines) is 1. The van der Waals surface area contributed by atoms with Crippen molar-refractivity contribution in [2.75, 3.05) is 39.2 Å². The van der Waals surface area contributed by atoms with Crippen LogP contribution in [0.2, 0.25) is 0 Å². The molecule has 0 spiro atoms. The molecule has 1 N–H and O–H groups in total. The molecule has 1 heterocycles. The molecular weight excluding hydrogens is 362 g/mol. The number of ether oxygens (including phenoxy) is 3. The van der Waals surface area contributed by atoms with Crippen LogP contribution in [-0.4, -0.2) is 50.7 Å². The fraction of sp³-hybridized carbons (Fsp3) is 0.450. The van der Waals surface area contributed by atoms with Gasteiger partial charge in [-0.05, 0) is 31.9 Å². The molecule has 1 saturated heterocycles. The minimum Gasteiger partial charge on any atom is -0.493 e. The number of carbonyl (C=O) groups excluding carboxylic acids is 2. The van der Waals surface area contributed by atoms with Gasteiger partial charge in [0.15, 0.2) is 11.5 Å². The highest BCUT2D eigenvalue weighted by atomic mass is 16.5. The van der Waals surface area contributed by atoms with E-state index in [-0.39, 0.29) is 17.5 Å². The van der Waals surface area contributed by atoms with Crippen molar-refractivity contribution in [2.45, 2.75) is 19.8 Å². The largest absolute Gasteiger partial charge is 0.493 e. The summed E-state index contributed by atoms with van der Waals surface area (Å²) in [6, 6.07) is 6.86. The van der Waals surface area contributed by atoms with Crippen LogP contribution in [0.3, 0.4) is 0 Å². The van der Waals surface area contributed by atoms with Crippen molar-refractivity contribution in [3.05, 3.63) is 30.0 Å². The van der Waals surface area contributed by atoms with Crippen LogP contribution in [0, 0.1) is 17.2 Å². The summed E-state index contributed by atoms with van der Waals surface area (Å²) in [6.45, 7) is 3.20. The summed E-state index contributed by atoms with van der Waals surface area (Å²) < 4.78 is 15.5. The SMILES string of the molecule is CCOC(=O)C1CCCN(/C=C(/C#N)C(=O)Nc2ccc(OC)c(OC)c2)C1. The predicted molar refractivity (Wildman–Crippen MR) is 103 cm³/mol. The average molecular weight is 387 g/mol. The highest BCUT2D eigenvalue weighted by Gasteiger charge is 2.26. The Morgan fingerprint density at radius 2 is 2.07 bits per heavy atom. The van der Waals surface area contributed by atoms with E-state index in [1.54, 1.807) is 25.1 Å². The molecule has 0 saturated carbocycles. The van der Waals surface area contributed by atoms with Crippen LogP contribution in [0.15, 0.2) is 30.0 Å². The maximum atomic E-state index is 12.5. The number of nitrogens with one attached hydrogen (secondary N) is 1. The van der Waals surface area contributed by atoms with E-state index in [9.17, 15) is 14.9 Å². The second-order valence-electron chi connectivity index (χ2n) is 6.26. The summed E-state index contributed by atoms with van der Waals surface area (Å²) in [7, 11) is 3.02. The summed E-state index contributed by atoms with van der Waals surface area (Å²) in [5.74, 6) is -0.0216. The molecule has 1 aliphatic heterocycles. The third-order valence-corrected chi connectivity index (χ3v) is 4.39. The number of esters is 1. The molecule has 0 bridgehead atoms. The first-order chi connectivity index (χ1) is 13.5. The molecule has 2 rings (SSSR count). The van der Waals surface area contributed by atoms with Crippen molar-refractivity contribution in [2.24, 2.45) is 5.92 Å². The molecule has 0 aliphatic carbocycles.